The summed E-state index contributed by atoms with van der Waals surface area (Å²) in [4.78, 5) is 13.4. The summed E-state index contributed by atoms with van der Waals surface area (Å²) >= 11 is 7.20. The third-order valence-electron chi connectivity index (χ3n) is 2.57. The minimum atomic E-state index is -0.197. The van der Waals surface area contributed by atoms with Crippen LogP contribution in [-0.4, -0.2) is 17.6 Å². The highest BCUT2D eigenvalue weighted by atomic mass is 35.5. The minimum Gasteiger partial charge on any atom is -0.384 e. The molecule has 20 heavy (non-hydrogen) atoms. The van der Waals surface area contributed by atoms with Crippen LogP contribution in [0.15, 0.2) is 30.3 Å². The van der Waals surface area contributed by atoms with Gasteiger partial charge in [0.15, 0.2) is 0 Å². The summed E-state index contributed by atoms with van der Waals surface area (Å²) in [7, 11) is 0. The lowest BCUT2D eigenvalue weighted by Gasteiger charge is -2.07. The Bertz CT molecular complexity index is 697. The van der Waals surface area contributed by atoms with Gasteiger partial charge in [-0.05, 0) is 36.8 Å². The van der Waals surface area contributed by atoms with Crippen LogP contribution < -0.4 is 5.32 Å². The average Bonchev–Trinajstić information content (AvgIpc) is 2.89. The Kier molecular flexibility index (Phi) is 4.80. The molecule has 0 spiro atoms. The Morgan fingerprint density at radius 1 is 1.40 bits per heavy atom. The number of aryl methyl sites for hydroxylation is 1. The molecule has 1 heterocycles. The highest BCUT2D eigenvalue weighted by Crippen LogP contribution is 2.22. The molecule has 0 aliphatic carbocycles. The van der Waals surface area contributed by atoms with E-state index >= 15 is 0 Å². The van der Waals surface area contributed by atoms with E-state index in [2.05, 4.69) is 17.2 Å². The van der Waals surface area contributed by atoms with E-state index in [0.717, 1.165) is 10.4 Å². The monoisotopic (exact) mass is 305 g/mol. The number of rotatable bonds is 2. The van der Waals surface area contributed by atoms with Crippen LogP contribution in [-0.2, 0) is 0 Å². The molecule has 0 atom stereocenters. The number of carbonyl (C=O) groups is 1. The van der Waals surface area contributed by atoms with Gasteiger partial charge in [0.05, 0.1) is 9.75 Å². The Morgan fingerprint density at radius 2 is 2.20 bits per heavy atom. The average molecular weight is 306 g/mol. The summed E-state index contributed by atoms with van der Waals surface area (Å²) in [5, 5.41) is 12.0. The highest BCUT2D eigenvalue weighted by Gasteiger charge is 2.10. The van der Waals surface area contributed by atoms with E-state index in [4.69, 9.17) is 16.7 Å². The van der Waals surface area contributed by atoms with E-state index in [1.807, 2.05) is 13.0 Å². The fourth-order valence-corrected chi connectivity index (χ4v) is 2.51. The molecule has 0 bridgehead atoms. The number of carbonyl (C=O) groups excluding carboxylic acids is 1. The van der Waals surface area contributed by atoms with Crippen LogP contribution in [0.25, 0.3) is 0 Å². The number of anilines is 1. The van der Waals surface area contributed by atoms with Gasteiger partial charge in [-0.3, -0.25) is 4.79 Å². The van der Waals surface area contributed by atoms with Crippen LogP contribution in [0.3, 0.4) is 0 Å². The van der Waals surface area contributed by atoms with Crippen molar-refractivity contribution >= 4 is 34.5 Å². The number of aliphatic hydroxyl groups excluding tert-OH is 1. The van der Waals surface area contributed by atoms with Gasteiger partial charge in [-0.15, -0.1) is 11.3 Å². The Morgan fingerprint density at radius 3 is 2.95 bits per heavy atom. The van der Waals surface area contributed by atoms with Crippen LogP contribution in [0.4, 0.5) is 5.69 Å². The van der Waals surface area contributed by atoms with E-state index in [0.29, 0.717) is 15.6 Å². The normalized spacial score (nSPS) is 9.75. The van der Waals surface area contributed by atoms with E-state index in [1.165, 1.54) is 11.3 Å². The van der Waals surface area contributed by atoms with E-state index in [-0.39, 0.29) is 12.5 Å². The molecular formula is C15H12ClNO2S. The number of hydrogen-bond donors (Lipinski definition) is 2. The first kappa shape index (κ1) is 14.6. The summed E-state index contributed by atoms with van der Waals surface area (Å²) in [5.74, 6) is 5.12. The predicted octanol–water partition coefficient (Wildman–Crippen LogP) is 3.31. The minimum absolute atomic E-state index is 0.193. The standard InChI is InChI=1S/C15H12ClNO2S/c1-10-4-5-11(16)9-13(10)17-15(19)14-7-6-12(20-14)3-2-8-18/h4-7,9,18H,8H2,1H3,(H,17,19). The quantitative estimate of drug-likeness (QED) is 0.836. The van der Waals surface area contributed by atoms with Crippen LogP contribution >= 0.6 is 22.9 Å². The lowest BCUT2D eigenvalue weighted by molar-refractivity contribution is 0.103. The molecule has 0 unspecified atom stereocenters. The zero-order valence-corrected chi connectivity index (χ0v) is 12.3. The molecule has 1 aromatic heterocycles. The van der Waals surface area contributed by atoms with Gasteiger partial charge in [0.25, 0.3) is 5.91 Å². The molecule has 0 radical (unpaired) electrons. The molecule has 1 amide bonds. The zero-order valence-electron chi connectivity index (χ0n) is 10.7. The topological polar surface area (TPSA) is 49.3 Å². The molecule has 5 heteroatoms. The van der Waals surface area contributed by atoms with Crippen LogP contribution in [0, 0.1) is 18.8 Å². The molecule has 3 nitrogen and oxygen atoms in total. The molecule has 1 aromatic carbocycles. The van der Waals surface area contributed by atoms with Crippen molar-refractivity contribution in [2.45, 2.75) is 6.92 Å². The second-order valence-corrected chi connectivity index (χ2v) is 5.56. The van der Waals surface area contributed by atoms with Crippen molar-refractivity contribution in [3.05, 3.63) is 50.7 Å². The van der Waals surface area contributed by atoms with Crippen LogP contribution in [0.2, 0.25) is 5.02 Å². The zero-order chi connectivity index (χ0) is 14.5. The smallest absolute Gasteiger partial charge is 0.265 e. The molecule has 0 aliphatic heterocycles. The van der Waals surface area contributed by atoms with Gasteiger partial charge in [-0.2, -0.15) is 0 Å². The number of halogens is 1. The number of hydrogen-bond acceptors (Lipinski definition) is 3. The van der Waals surface area contributed by atoms with Crippen LogP contribution in [0.5, 0.6) is 0 Å². The van der Waals surface area contributed by atoms with Crippen molar-refractivity contribution in [1.29, 1.82) is 0 Å². The number of amides is 1. The summed E-state index contributed by atoms with van der Waals surface area (Å²) in [6, 6.07) is 8.81. The van der Waals surface area contributed by atoms with Gasteiger partial charge < -0.3 is 10.4 Å². The predicted molar refractivity (Wildman–Crippen MR) is 82.4 cm³/mol. The molecule has 2 rings (SSSR count). The first-order chi connectivity index (χ1) is 9.60. The molecule has 102 valence electrons. The summed E-state index contributed by atoms with van der Waals surface area (Å²) in [6.45, 7) is 1.71. The van der Waals surface area contributed by atoms with Crippen molar-refractivity contribution in [2.24, 2.45) is 0 Å². The van der Waals surface area contributed by atoms with Crippen molar-refractivity contribution in [3.8, 4) is 11.8 Å². The Hall–Kier alpha value is -1.80. The largest absolute Gasteiger partial charge is 0.384 e. The van der Waals surface area contributed by atoms with Gasteiger partial charge in [0.1, 0.15) is 6.61 Å². The molecule has 0 saturated carbocycles. The number of nitrogens with one attached hydrogen (secondary N) is 1. The molecule has 2 aromatic rings. The summed E-state index contributed by atoms with van der Waals surface area (Å²) < 4.78 is 0. The van der Waals surface area contributed by atoms with Crippen molar-refractivity contribution < 1.29 is 9.90 Å². The van der Waals surface area contributed by atoms with Crippen molar-refractivity contribution in [3.63, 3.8) is 0 Å². The van der Waals surface area contributed by atoms with E-state index < -0.39 is 0 Å². The summed E-state index contributed by atoms with van der Waals surface area (Å²) in [5.41, 5.74) is 1.64. The maximum Gasteiger partial charge on any atom is 0.265 e. The number of benzene rings is 1. The third kappa shape index (κ3) is 3.61. The molecule has 0 fully saturated rings. The van der Waals surface area contributed by atoms with Crippen molar-refractivity contribution in [2.75, 3.05) is 11.9 Å². The fourth-order valence-electron chi connectivity index (χ4n) is 1.57. The van der Waals surface area contributed by atoms with Gasteiger partial charge in [0.2, 0.25) is 0 Å². The Labute approximate surface area is 126 Å². The first-order valence-corrected chi connectivity index (χ1v) is 7.06. The lowest BCUT2D eigenvalue weighted by atomic mass is 10.2. The summed E-state index contributed by atoms with van der Waals surface area (Å²) in [6.07, 6.45) is 0. The lowest BCUT2D eigenvalue weighted by Crippen LogP contribution is -2.11. The van der Waals surface area contributed by atoms with E-state index in [1.54, 1.807) is 24.3 Å². The molecular weight excluding hydrogens is 294 g/mol. The number of aliphatic hydroxyl groups is 1. The molecule has 0 saturated heterocycles. The van der Waals surface area contributed by atoms with Gasteiger partial charge in [-0.1, -0.05) is 29.5 Å². The maximum atomic E-state index is 12.1. The van der Waals surface area contributed by atoms with E-state index in [9.17, 15) is 4.79 Å². The molecule has 0 aliphatic rings. The first-order valence-electron chi connectivity index (χ1n) is 5.87. The van der Waals surface area contributed by atoms with Gasteiger partial charge in [-0.25, -0.2) is 0 Å². The Balaban J connectivity index is 2.15. The number of thiophene rings is 1. The second kappa shape index (κ2) is 6.58. The highest BCUT2D eigenvalue weighted by molar-refractivity contribution is 7.14. The van der Waals surface area contributed by atoms with Gasteiger partial charge in [0, 0.05) is 10.7 Å². The SMILES string of the molecule is Cc1ccc(Cl)cc1NC(=O)c1ccc(C#CCO)s1. The van der Waals surface area contributed by atoms with Gasteiger partial charge >= 0.3 is 0 Å². The second-order valence-electron chi connectivity index (χ2n) is 4.04. The van der Waals surface area contributed by atoms with Crippen molar-refractivity contribution in [1.82, 2.24) is 0 Å². The third-order valence-corrected chi connectivity index (χ3v) is 3.80. The maximum absolute atomic E-state index is 12.1. The fraction of sp³-hybridized carbons (Fsp3) is 0.133. The van der Waals surface area contributed by atoms with Crippen LogP contribution in [0.1, 0.15) is 20.1 Å². The molecule has 2 N–H and O–H groups in total.